The molecule has 0 aromatic carbocycles. The molecule has 1 rings (SSSR count). The van der Waals surface area contributed by atoms with Crippen LogP contribution >= 0.6 is 11.3 Å². The fourth-order valence-corrected chi connectivity index (χ4v) is 1.53. The fourth-order valence-electron chi connectivity index (χ4n) is 0.915. The van der Waals surface area contributed by atoms with Gasteiger partial charge in [0.1, 0.15) is 0 Å². The highest BCUT2D eigenvalue weighted by molar-refractivity contribution is 7.13. The maximum atomic E-state index is 5.63. The molecule has 0 aliphatic carbocycles. The standard InChI is InChI=1S/C7H13N3S/c1-6(8)5-10(2)7-9-3-4-11-7/h3-4,6H,5,8H2,1-2H3. The first-order valence-corrected chi connectivity index (χ1v) is 4.44. The lowest BCUT2D eigenvalue weighted by atomic mass is 10.3. The van der Waals surface area contributed by atoms with Crippen molar-refractivity contribution >= 4 is 16.5 Å². The largest absolute Gasteiger partial charge is 0.350 e. The predicted octanol–water partition coefficient (Wildman–Crippen LogP) is 0.926. The second-order valence-corrected chi connectivity index (χ2v) is 3.55. The molecule has 1 aromatic heterocycles. The zero-order valence-electron chi connectivity index (χ0n) is 6.82. The molecule has 0 bridgehead atoms. The van der Waals surface area contributed by atoms with Crippen molar-refractivity contribution in [2.24, 2.45) is 5.73 Å². The van der Waals surface area contributed by atoms with Crippen LogP contribution in [0.5, 0.6) is 0 Å². The van der Waals surface area contributed by atoms with Crippen molar-refractivity contribution < 1.29 is 0 Å². The Kier molecular flexibility index (Phi) is 2.84. The first-order chi connectivity index (χ1) is 5.20. The van der Waals surface area contributed by atoms with Gasteiger partial charge in [-0.1, -0.05) is 0 Å². The number of nitrogens with two attached hydrogens (primary N) is 1. The van der Waals surface area contributed by atoms with Crippen LogP contribution in [0.25, 0.3) is 0 Å². The van der Waals surface area contributed by atoms with Crippen molar-refractivity contribution in [2.75, 3.05) is 18.5 Å². The van der Waals surface area contributed by atoms with E-state index in [1.54, 1.807) is 17.5 Å². The lowest BCUT2D eigenvalue weighted by molar-refractivity contribution is 0.716. The molecule has 4 heteroatoms. The first kappa shape index (κ1) is 8.49. The molecule has 1 atom stereocenters. The van der Waals surface area contributed by atoms with Gasteiger partial charge in [-0.3, -0.25) is 0 Å². The van der Waals surface area contributed by atoms with Crippen LogP contribution in [0.1, 0.15) is 6.92 Å². The van der Waals surface area contributed by atoms with Gasteiger partial charge in [0.15, 0.2) is 5.13 Å². The molecule has 0 fully saturated rings. The number of hydrogen-bond donors (Lipinski definition) is 1. The van der Waals surface area contributed by atoms with Gasteiger partial charge in [0.2, 0.25) is 0 Å². The molecular formula is C7H13N3S. The van der Waals surface area contributed by atoms with Crippen LogP contribution in [0.15, 0.2) is 11.6 Å². The number of rotatable bonds is 3. The summed E-state index contributed by atoms with van der Waals surface area (Å²) in [6.07, 6.45) is 1.80. The van der Waals surface area contributed by atoms with E-state index in [9.17, 15) is 0 Å². The molecule has 1 unspecified atom stereocenters. The molecule has 2 N–H and O–H groups in total. The third-order valence-corrected chi connectivity index (χ3v) is 2.19. The number of hydrogen-bond acceptors (Lipinski definition) is 4. The number of aromatic nitrogens is 1. The van der Waals surface area contributed by atoms with Gasteiger partial charge in [-0.05, 0) is 6.92 Å². The average Bonchev–Trinajstić information content (AvgIpc) is 2.35. The monoisotopic (exact) mass is 171 g/mol. The van der Waals surface area contributed by atoms with E-state index >= 15 is 0 Å². The fraction of sp³-hybridized carbons (Fsp3) is 0.571. The highest BCUT2D eigenvalue weighted by Gasteiger charge is 2.04. The Morgan fingerprint density at radius 1 is 1.82 bits per heavy atom. The van der Waals surface area contributed by atoms with Crippen molar-refractivity contribution in [3.05, 3.63) is 11.6 Å². The van der Waals surface area contributed by atoms with Crippen molar-refractivity contribution in [3.63, 3.8) is 0 Å². The maximum absolute atomic E-state index is 5.63. The van der Waals surface area contributed by atoms with Gasteiger partial charge in [0.25, 0.3) is 0 Å². The quantitative estimate of drug-likeness (QED) is 0.735. The summed E-state index contributed by atoms with van der Waals surface area (Å²) in [4.78, 5) is 6.22. The zero-order valence-corrected chi connectivity index (χ0v) is 7.64. The van der Waals surface area contributed by atoms with Gasteiger partial charge in [-0.15, -0.1) is 11.3 Å². The Balaban J connectivity index is 2.49. The first-order valence-electron chi connectivity index (χ1n) is 3.56. The molecule has 62 valence electrons. The van der Waals surface area contributed by atoms with E-state index in [4.69, 9.17) is 5.73 Å². The number of anilines is 1. The van der Waals surface area contributed by atoms with Gasteiger partial charge in [0, 0.05) is 31.2 Å². The van der Waals surface area contributed by atoms with E-state index in [-0.39, 0.29) is 6.04 Å². The summed E-state index contributed by atoms with van der Waals surface area (Å²) in [7, 11) is 2.00. The molecule has 11 heavy (non-hydrogen) atoms. The van der Waals surface area contributed by atoms with E-state index in [0.29, 0.717) is 0 Å². The lowest BCUT2D eigenvalue weighted by Gasteiger charge is -2.17. The molecule has 1 heterocycles. The van der Waals surface area contributed by atoms with Crippen molar-refractivity contribution in [1.29, 1.82) is 0 Å². The van der Waals surface area contributed by atoms with Gasteiger partial charge in [-0.2, -0.15) is 0 Å². The number of likely N-dealkylation sites (N-methyl/N-ethyl adjacent to an activating group) is 1. The van der Waals surface area contributed by atoms with Crippen LogP contribution in [0.3, 0.4) is 0 Å². The van der Waals surface area contributed by atoms with Gasteiger partial charge in [0.05, 0.1) is 0 Å². The van der Waals surface area contributed by atoms with Crippen LogP contribution < -0.4 is 10.6 Å². The summed E-state index contributed by atoms with van der Waals surface area (Å²) >= 11 is 1.63. The van der Waals surface area contributed by atoms with Crippen LogP contribution in [-0.4, -0.2) is 24.6 Å². The topological polar surface area (TPSA) is 42.1 Å². The normalized spacial score (nSPS) is 13.0. The summed E-state index contributed by atoms with van der Waals surface area (Å²) in [5.74, 6) is 0. The molecule has 1 aromatic rings. The van der Waals surface area contributed by atoms with Gasteiger partial charge < -0.3 is 10.6 Å². The van der Waals surface area contributed by atoms with E-state index in [0.717, 1.165) is 11.7 Å². The molecule has 0 aliphatic rings. The third kappa shape index (κ3) is 2.48. The number of nitrogens with zero attached hydrogens (tertiary/aromatic N) is 2. The minimum atomic E-state index is 0.198. The Morgan fingerprint density at radius 3 is 3.00 bits per heavy atom. The summed E-state index contributed by atoms with van der Waals surface area (Å²) in [6, 6.07) is 0.198. The Bertz CT molecular complexity index is 195. The van der Waals surface area contributed by atoms with E-state index < -0.39 is 0 Å². The van der Waals surface area contributed by atoms with Crippen LogP contribution in [0.2, 0.25) is 0 Å². The Hall–Kier alpha value is -0.610. The molecule has 0 spiro atoms. The second-order valence-electron chi connectivity index (χ2n) is 2.67. The molecule has 0 saturated carbocycles. The summed E-state index contributed by atoms with van der Waals surface area (Å²) in [6.45, 7) is 2.84. The molecule has 3 nitrogen and oxygen atoms in total. The predicted molar refractivity (Wildman–Crippen MR) is 49.0 cm³/mol. The van der Waals surface area contributed by atoms with E-state index in [2.05, 4.69) is 9.88 Å². The Morgan fingerprint density at radius 2 is 2.55 bits per heavy atom. The number of thiazole rings is 1. The van der Waals surface area contributed by atoms with Gasteiger partial charge in [-0.25, -0.2) is 4.98 Å². The van der Waals surface area contributed by atoms with Crippen molar-refractivity contribution in [2.45, 2.75) is 13.0 Å². The lowest BCUT2D eigenvalue weighted by Crippen LogP contribution is -2.32. The van der Waals surface area contributed by atoms with Crippen LogP contribution in [0.4, 0.5) is 5.13 Å². The highest BCUT2D eigenvalue weighted by Crippen LogP contribution is 2.14. The Labute approximate surface area is 70.9 Å². The molecule has 0 amide bonds. The molecule has 0 radical (unpaired) electrons. The van der Waals surface area contributed by atoms with Crippen molar-refractivity contribution in [3.8, 4) is 0 Å². The highest BCUT2D eigenvalue weighted by atomic mass is 32.1. The minimum Gasteiger partial charge on any atom is -0.350 e. The molecular weight excluding hydrogens is 158 g/mol. The zero-order chi connectivity index (χ0) is 8.27. The average molecular weight is 171 g/mol. The SMILES string of the molecule is CC(N)CN(C)c1nccs1. The molecule has 0 aliphatic heterocycles. The van der Waals surface area contributed by atoms with E-state index in [1.807, 2.05) is 19.4 Å². The van der Waals surface area contributed by atoms with Crippen LogP contribution in [0, 0.1) is 0 Å². The smallest absolute Gasteiger partial charge is 0.185 e. The molecule has 0 saturated heterocycles. The van der Waals surface area contributed by atoms with Gasteiger partial charge >= 0.3 is 0 Å². The summed E-state index contributed by atoms with van der Waals surface area (Å²) < 4.78 is 0. The maximum Gasteiger partial charge on any atom is 0.185 e. The third-order valence-electron chi connectivity index (χ3n) is 1.31. The minimum absolute atomic E-state index is 0.198. The second kappa shape index (κ2) is 3.69. The van der Waals surface area contributed by atoms with Crippen LogP contribution in [-0.2, 0) is 0 Å². The van der Waals surface area contributed by atoms with E-state index in [1.165, 1.54) is 0 Å². The summed E-state index contributed by atoms with van der Waals surface area (Å²) in [5, 5.41) is 3.00. The van der Waals surface area contributed by atoms with Crippen molar-refractivity contribution in [1.82, 2.24) is 4.98 Å². The summed E-state index contributed by atoms with van der Waals surface area (Å²) in [5.41, 5.74) is 5.63.